The van der Waals surface area contributed by atoms with Crippen LogP contribution in [0.1, 0.15) is 31.0 Å². The molecule has 5 rings (SSSR count). The minimum atomic E-state index is -0.862. The van der Waals surface area contributed by atoms with Crippen LogP contribution in [0.5, 0.6) is 5.75 Å². The van der Waals surface area contributed by atoms with E-state index < -0.39 is 17.7 Å². The number of ketones is 1. The standard InChI is InChI=1S/C31H28N2O4/c1-3-32(4-2)22-14-16-23(17-15-22)33-28(21-12-18-24(34)19-13-21)27(30(36)31(33)37)29(35)26-11-7-9-20-8-5-6-10-25(20)26/h5-19,28,34-35H,3-4H2,1-2H3/b29-27-. The van der Waals surface area contributed by atoms with E-state index in [1.165, 1.54) is 17.0 Å². The molecule has 1 unspecified atom stereocenters. The van der Waals surface area contributed by atoms with Gasteiger partial charge in [-0.25, -0.2) is 0 Å². The van der Waals surface area contributed by atoms with Crippen molar-refractivity contribution in [2.24, 2.45) is 0 Å². The van der Waals surface area contributed by atoms with Crippen LogP contribution in [0, 0.1) is 0 Å². The minimum Gasteiger partial charge on any atom is -0.508 e. The van der Waals surface area contributed by atoms with Gasteiger partial charge in [-0.2, -0.15) is 0 Å². The Morgan fingerprint density at radius 2 is 1.49 bits per heavy atom. The van der Waals surface area contributed by atoms with Gasteiger partial charge in [0.2, 0.25) is 0 Å². The lowest BCUT2D eigenvalue weighted by Crippen LogP contribution is -2.29. The Morgan fingerprint density at radius 1 is 0.838 bits per heavy atom. The molecule has 1 heterocycles. The molecule has 0 bridgehead atoms. The Kier molecular flexibility index (Phi) is 6.40. The molecule has 1 fully saturated rings. The fourth-order valence-electron chi connectivity index (χ4n) is 5.06. The van der Waals surface area contributed by atoms with Crippen LogP contribution in [0.4, 0.5) is 11.4 Å². The maximum absolute atomic E-state index is 13.5. The monoisotopic (exact) mass is 492 g/mol. The quantitative estimate of drug-likeness (QED) is 0.195. The molecule has 2 N–H and O–H groups in total. The second kappa shape index (κ2) is 9.82. The molecule has 0 aromatic heterocycles. The Morgan fingerprint density at radius 3 is 2.16 bits per heavy atom. The summed E-state index contributed by atoms with van der Waals surface area (Å²) in [7, 11) is 0. The number of hydrogen-bond donors (Lipinski definition) is 2. The van der Waals surface area contributed by atoms with Crippen LogP contribution in [-0.4, -0.2) is 35.0 Å². The molecule has 4 aromatic rings. The van der Waals surface area contributed by atoms with Crippen molar-refractivity contribution in [2.75, 3.05) is 22.9 Å². The highest BCUT2D eigenvalue weighted by Gasteiger charge is 2.47. The van der Waals surface area contributed by atoms with E-state index >= 15 is 0 Å². The number of carbonyl (C=O) groups excluding carboxylic acids is 2. The molecule has 1 saturated heterocycles. The summed E-state index contributed by atoms with van der Waals surface area (Å²) in [5.41, 5.74) is 2.67. The number of nitrogens with zero attached hydrogens (tertiary/aromatic N) is 2. The number of carbonyl (C=O) groups is 2. The zero-order valence-electron chi connectivity index (χ0n) is 20.8. The molecule has 37 heavy (non-hydrogen) atoms. The van der Waals surface area contributed by atoms with Crippen molar-refractivity contribution >= 4 is 39.6 Å². The van der Waals surface area contributed by atoms with E-state index in [-0.39, 0.29) is 17.1 Å². The molecule has 0 aliphatic carbocycles. The number of amides is 1. The first kappa shape index (κ1) is 24.1. The first-order valence-electron chi connectivity index (χ1n) is 12.4. The van der Waals surface area contributed by atoms with Gasteiger partial charge in [0.1, 0.15) is 11.5 Å². The summed E-state index contributed by atoms with van der Waals surface area (Å²) in [6, 6.07) is 26.1. The third kappa shape index (κ3) is 4.20. The SMILES string of the molecule is CCN(CC)c1ccc(N2C(=O)C(=O)/C(=C(\O)c3cccc4ccccc34)C2c2ccc(O)cc2)cc1. The number of phenolic OH excluding ortho intramolecular Hbond substituents is 1. The van der Waals surface area contributed by atoms with Gasteiger partial charge in [0, 0.05) is 30.0 Å². The van der Waals surface area contributed by atoms with Crippen LogP contribution >= 0.6 is 0 Å². The summed E-state index contributed by atoms with van der Waals surface area (Å²) in [5.74, 6) is -1.62. The van der Waals surface area contributed by atoms with Crippen molar-refractivity contribution in [3.8, 4) is 5.75 Å². The van der Waals surface area contributed by atoms with Gasteiger partial charge < -0.3 is 15.1 Å². The van der Waals surface area contributed by atoms with Crippen LogP contribution in [0.15, 0.2) is 96.6 Å². The number of fused-ring (bicyclic) bond motifs is 1. The predicted molar refractivity (Wildman–Crippen MR) is 147 cm³/mol. The molecular formula is C31H28N2O4. The summed E-state index contributed by atoms with van der Waals surface area (Å²) >= 11 is 0. The number of aliphatic hydroxyl groups excluding tert-OH is 1. The summed E-state index contributed by atoms with van der Waals surface area (Å²) in [6.07, 6.45) is 0. The number of phenols is 1. The molecular weight excluding hydrogens is 464 g/mol. The molecule has 4 aromatic carbocycles. The van der Waals surface area contributed by atoms with Gasteiger partial charge in [-0.1, -0.05) is 54.6 Å². The second-order valence-electron chi connectivity index (χ2n) is 8.98. The molecule has 6 nitrogen and oxygen atoms in total. The van der Waals surface area contributed by atoms with E-state index in [2.05, 4.69) is 18.7 Å². The van der Waals surface area contributed by atoms with Gasteiger partial charge >= 0.3 is 0 Å². The van der Waals surface area contributed by atoms with Gasteiger partial charge in [-0.15, -0.1) is 0 Å². The fraction of sp³-hybridized carbons (Fsp3) is 0.161. The maximum Gasteiger partial charge on any atom is 0.300 e. The molecule has 1 aliphatic heterocycles. The molecule has 0 saturated carbocycles. The van der Waals surface area contributed by atoms with Gasteiger partial charge in [0.25, 0.3) is 11.7 Å². The van der Waals surface area contributed by atoms with Crippen LogP contribution in [0.3, 0.4) is 0 Å². The van der Waals surface area contributed by atoms with Crippen molar-refractivity contribution in [2.45, 2.75) is 19.9 Å². The smallest absolute Gasteiger partial charge is 0.300 e. The number of aromatic hydroxyl groups is 1. The highest BCUT2D eigenvalue weighted by Crippen LogP contribution is 2.43. The highest BCUT2D eigenvalue weighted by atomic mass is 16.3. The van der Waals surface area contributed by atoms with Gasteiger partial charge in [-0.3, -0.25) is 14.5 Å². The number of rotatable bonds is 6. The third-order valence-corrected chi connectivity index (χ3v) is 6.95. The van der Waals surface area contributed by atoms with Crippen molar-refractivity contribution in [3.05, 3.63) is 108 Å². The highest BCUT2D eigenvalue weighted by molar-refractivity contribution is 6.51. The average Bonchev–Trinajstić information content (AvgIpc) is 3.19. The van der Waals surface area contributed by atoms with E-state index in [9.17, 15) is 19.8 Å². The van der Waals surface area contributed by atoms with Crippen molar-refractivity contribution in [3.63, 3.8) is 0 Å². The molecule has 186 valence electrons. The zero-order valence-corrected chi connectivity index (χ0v) is 20.8. The molecule has 0 radical (unpaired) electrons. The van der Waals surface area contributed by atoms with Crippen LogP contribution in [-0.2, 0) is 9.59 Å². The first-order chi connectivity index (χ1) is 17.9. The largest absolute Gasteiger partial charge is 0.508 e. The molecule has 0 spiro atoms. The molecule has 1 atom stereocenters. The van der Waals surface area contributed by atoms with E-state index in [4.69, 9.17) is 0 Å². The average molecular weight is 493 g/mol. The number of benzene rings is 4. The van der Waals surface area contributed by atoms with E-state index in [1.54, 1.807) is 18.2 Å². The van der Waals surface area contributed by atoms with E-state index in [0.717, 1.165) is 29.5 Å². The normalized spacial score (nSPS) is 16.9. The Balaban J connectivity index is 1.70. The summed E-state index contributed by atoms with van der Waals surface area (Å²) < 4.78 is 0. The van der Waals surface area contributed by atoms with E-state index in [0.29, 0.717) is 16.8 Å². The number of hydrogen-bond acceptors (Lipinski definition) is 5. The predicted octanol–water partition coefficient (Wildman–Crippen LogP) is 6.02. The number of Topliss-reactive ketones (excluding diaryl/α,β-unsaturated/α-hetero) is 1. The summed E-state index contributed by atoms with van der Waals surface area (Å²) in [6.45, 7) is 5.85. The minimum absolute atomic E-state index is 0.0138. The maximum atomic E-state index is 13.5. The lowest BCUT2D eigenvalue weighted by molar-refractivity contribution is -0.132. The number of aliphatic hydroxyl groups is 1. The first-order valence-corrected chi connectivity index (χ1v) is 12.4. The van der Waals surface area contributed by atoms with Crippen molar-refractivity contribution in [1.29, 1.82) is 0 Å². The zero-order chi connectivity index (χ0) is 26.1. The lowest BCUT2D eigenvalue weighted by Gasteiger charge is -2.27. The van der Waals surface area contributed by atoms with Crippen molar-refractivity contribution < 1.29 is 19.8 Å². The van der Waals surface area contributed by atoms with Crippen LogP contribution in [0.25, 0.3) is 16.5 Å². The Bertz CT molecular complexity index is 1500. The number of anilines is 2. The van der Waals surface area contributed by atoms with E-state index in [1.807, 2.05) is 60.7 Å². The lowest BCUT2D eigenvalue weighted by atomic mass is 9.93. The molecule has 1 amide bonds. The van der Waals surface area contributed by atoms with Crippen LogP contribution < -0.4 is 9.80 Å². The third-order valence-electron chi connectivity index (χ3n) is 6.95. The molecule has 1 aliphatic rings. The Hall–Kier alpha value is -4.58. The van der Waals surface area contributed by atoms with Gasteiger partial charge in [0.15, 0.2) is 0 Å². The summed E-state index contributed by atoms with van der Waals surface area (Å²) in [5, 5.41) is 23.1. The second-order valence-corrected chi connectivity index (χ2v) is 8.98. The van der Waals surface area contributed by atoms with Gasteiger partial charge in [-0.05, 0) is 66.6 Å². The fourth-order valence-corrected chi connectivity index (χ4v) is 5.06. The van der Waals surface area contributed by atoms with Crippen molar-refractivity contribution in [1.82, 2.24) is 0 Å². The summed E-state index contributed by atoms with van der Waals surface area (Å²) in [4.78, 5) is 30.6. The Labute approximate surface area is 215 Å². The van der Waals surface area contributed by atoms with Crippen LogP contribution in [0.2, 0.25) is 0 Å². The topological polar surface area (TPSA) is 81.1 Å². The van der Waals surface area contributed by atoms with Gasteiger partial charge in [0.05, 0.1) is 11.6 Å². The molecule has 6 heteroatoms.